The van der Waals surface area contributed by atoms with E-state index in [0.29, 0.717) is 12.2 Å². The maximum absolute atomic E-state index is 13.6. The zero-order valence-corrected chi connectivity index (χ0v) is 32.4. The molecule has 11 nitrogen and oxygen atoms in total. The maximum Gasteiger partial charge on any atom is 0.241 e. The lowest BCUT2D eigenvalue weighted by Crippen LogP contribution is -2.47. The van der Waals surface area contributed by atoms with Crippen LogP contribution >= 0.6 is 11.8 Å². The van der Waals surface area contributed by atoms with Gasteiger partial charge in [0.1, 0.15) is 12.4 Å². The lowest BCUT2D eigenvalue weighted by Gasteiger charge is -2.36. The Kier molecular flexibility index (Phi) is 12.7. The maximum atomic E-state index is 13.6. The Balaban J connectivity index is 1.03. The minimum absolute atomic E-state index is 0.0218. The molecular formula is C43H43N5O6S2. The van der Waals surface area contributed by atoms with Crippen LogP contribution in [0.15, 0.2) is 144 Å². The molecule has 0 radical (unpaired) electrons. The van der Waals surface area contributed by atoms with Gasteiger partial charge in [-0.2, -0.15) is 9.82 Å². The summed E-state index contributed by atoms with van der Waals surface area (Å²) in [7, 11) is -3.96. The van der Waals surface area contributed by atoms with Gasteiger partial charge in [0, 0.05) is 24.3 Å². The summed E-state index contributed by atoms with van der Waals surface area (Å²) >= 11 is 1.54. The first-order valence-corrected chi connectivity index (χ1v) is 20.8. The van der Waals surface area contributed by atoms with Gasteiger partial charge in [0.25, 0.3) is 0 Å². The second kappa shape index (κ2) is 18.2. The number of thioether (sulfide) groups is 1. The number of carbonyl (C=O) groups excluding carboxylic acids is 1. The Morgan fingerprint density at radius 1 is 0.857 bits per heavy atom. The van der Waals surface area contributed by atoms with Crippen molar-refractivity contribution in [3.63, 3.8) is 0 Å². The molecule has 1 amide bonds. The van der Waals surface area contributed by atoms with E-state index < -0.39 is 28.3 Å². The van der Waals surface area contributed by atoms with Gasteiger partial charge in [-0.1, -0.05) is 127 Å². The zero-order valence-electron chi connectivity index (χ0n) is 30.7. The van der Waals surface area contributed by atoms with Crippen LogP contribution in [0.4, 0.5) is 0 Å². The number of aromatic nitrogens is 3. The second-order valence-corrected chi connectivity index (χ2v) is 16.4. The van der Waals surface area contributed by atoms with Gasteiger partial charge >= 0.3 is 0 Å². The number of sulfonamides is 1. The van der Waals surface area contributed by atoms with Gasteiger partial charge in [-0.3, -0.25) is 9.89 Å². The van der Waals surface area contributed by atoms with E-state index in [1.165, 1.54) is 18.5 Å². The molecule has 0 aliphatic carbocycles. The van der Waals surface area contributed by atoms with E-state index in [1.807, 2.05) is 110 Å². The molecule has 13 heteroatoms. The van der Waals surface area contributed by atoms with E-state index in [0.717, 1.165) is 49.7 Å². The number of hydrogen-bond donors (Lipinski definition) is 4. The number of ether oxygens (including phenoxy) is 2. The van der Waals surface area contributed by atoms with Gasteiger partial charge in [0.2, 0.25) is 15.9 Å². The Morgan fingerprint density at radius 3 is 2.30 bits per heavy atom. The van der Waals surface area contributed by atoms with Crippen molar-refractivity contribution in [2.45, 2.75) is 67.5 Å². The highest BCUT2D eigenvalue weighted by Crippen LogP contribution is 2.39. The fourth-order valence-electron chi connectivity index (χ4n) is 6.47. The number of nitrogens with one attached hydrogen (secondary N) is 3. The summed E-state index contributed by atoms with van der Waals surface area (Å²) in [5.41, 5.74) is 7.29. The molecule has 2 heterocycles. The van der Waals surface area contributed by atoms with E-state index in [1.54, 1.807) is 23.9 Å². The highest BCUT2D eigenvalue weighted by atomic mass is 32.2. The van der Waals surface area contributed by atoms with Crippen LogP contribution in [-0.4, -0.2) is 52.5 Å². The molecule has 6 aromatic rings. The van der Waals surface area contributed by atoms with E-state index >= 15 is 0 Å². The number of hydrogen-bond acceptors (Lipinski definition) is 9. The number of aromatic amines is 1. The topological polar surface area (TPSA) is 156 Å². The number of H-pyrrole nitrogens is 1. The third-order valence-electron chi connectivity index (χ3n) is 9.55. The molecule has 4 atom stereocenters. The summed E-state index contributed by atoms with van der Waals surface area (Å²) in [4.78, 5) is 17.9. The van der Waals surface area contributed by atoms with Crippen molar-refractivity contribution >= 4 is 27.7 Å². The van der Waals surface area contributed by atoms with E-state index in [4.69, 9.17) is 9.47 Å². The Bertz CT molecular complexity index is 2290. The van der Waals surface area contributed by atoms with Crippen LogP contribution in [0, 0.1) is 6.92 Å². The van der Waals surface area contributed by atoms with Gasteiger partial charge in [-0.05, 0) is 64.9 Å². The molecule has 4 N–H and O–H groups in total. The summed E-state index contributed by atoms with van der Waals surface area (Å²) in [6.45, 7) is 2.07. The molecule has 1 aliphatic heterocycles. The monoisotopic (exact) mass is 789 g/mol. The molecule has 4 unspecified atom stereocenters. The summed E-state index contributed by atoms with van der Waals surface area (Å²) in [6, 6.07) is 38.6. The smallest absolute Gasteiger partial charge is 0.241 e. The summed E-state index contributed by atoms with van der Waals surface area (Å²) in [5, 5.41) is 20.0. The summed E-state index contributed by atoms with van der Waals surface area (Å²) in [5.74, 6) is 0.236. The number of aliphatic hydroxyl groups excluding tert-OH is 1. The number of carbonyl (C=O) groups is 1. The van der Waals surface area contributed by atoms with Crippen LogP contribution in [-0.2, 0) is 43.9 Å². The standard InChI is InChI=1S/C43H43N5O6S2/c1-29-10-20-38(21-11-29)56(51,52)48-39(23-30-6-3-2-4-7-30)41(50)44-25-32-8-5-9-36(22-32)33-16-18-35(19-17-33)42-53-37(27-55-43-45-28-46-47-43)24-40(54-42)34-14-12-31(26-49)13-15-34/h2-22,28,37,39-40,42,48-49H,23-27H2,1H3,(H,44,50)(H,45,46,47). The van der Waals surface area contributed by atoms with Crippen LogP contribution in [0.2, 0.25) is 0 Å². The van der Waals surface area contributed by atoms with Gasteiger partial charge in [0.15, 0.2) is 11.4 Å². The average Bonchev–Trinajstić information content (AvgIpc) is 3.76. The summed E-state index contributed by atoms with van der Waals surface area (Å²) < 4.78 is 42.3. The molecule has 288 valence electrons. The first kappa shape index (κ1) is 39.1. The largest absolute Gasteiger partial charge is 0.392 e. The van der Waals surface area contributed by atoms with Crippen molar-refractivity contribution in [2.75, 3.05) is 5.75 Å². The first-order chi connectivity index (χ1) is 27.2. The van der Waals surface area contributed by atoms with Gasteiger partial charge in [-0.15, -0.1) is 0 Å². The number of aliphatic hydroxyl groups is 1. The molecule has 56 heavy (non-hydrogen) atoms. The third-order valence-corrected chi connectivity index (χ3v) is 12.0. The average molecular weight is 790 g/mol. The second-order valence-electron chi connectivity index (χ2n) is 13.7. The SMILES string of the molecule is Cc1ccc(S(=O)(=O)NC(Cc2ccccc2)C(=O)NCc2cccc(-c3ccc(C4OC(CSc5ncn[nH]5)CC(c5ccc(CO)cc5)O4)cc3)c2)cc1. The normalized spacial score (nSPS) is 17.6. The van der Waals surface area contributed by atoms with Crippen molar-refractivity contribution < 1.29 is 27.8 Å². The fraction of sp³-hybridized carbons (Fsp3) is 0.233. The van der Waals surface area contributed by atoms with Crippen molar-refractivity contribution in [3.8, 4) is 11.1 Å². The van der Waals surface area contributed by atoms with Crippen molar-refractivity contribution in [1.29, 1.82) is 0 Å². The molecule has 0 saturated carbocycles. The third kappa shape index (κ3) is 10.2. The predicted molar refractivity (Wildman–Crippen MR) is 215 cm³/mol. The number of aryl methyl sites for hydroxylation is 1. The molecule has 1 aliphatic rings. The number of benzene rings is 5. The van der Waals surface area contributed by atoms with Crippen molar-refractivity contribution in [1.82, 2.24) is 25.2 Å². The van der Waals surface area contributed by atoms with Crippen LogP contribution in [0.3, 0.4) is 0 Å². The van der Waals surface area contributed by atoms with Crippen molar-refractivity contribution in [3.05, 3.63) is 167 Å². The van der Waals surface area contributed by atoms with Crippen molar-refractivity contribution in [2.24, 2.45) is 0 Å². The lowest BCUT2D eigenvalue weighted by molar-refractivity contribution is -0.245. The molecule has 1 saturated heterocycles. The molecule has 0 spiro atoms. The quantitative estimate of drug-likeness (QED) is 0.0821. The van der Waals surface area contributed by atoms with E-state index in [2.05, 4.69) is 25.2 Å². The highest BCUT2D eigenvalue weighted by Gasteiger charge is 2.32. The molecule has 5 aromatic carbocycles. The van der Waals surface area contributed by atoms with Crippen LogP contribution < -0.4 is 10.0 Å². The number of rotatable bonds is 15. The summed E-state index contributed by atoms with van der Waals surface area (Å²) in [6.07, 6.45) is 1.40. The van der Waals surface area contributed by atoms with Gasteiger partial charge in [-0.25, -0.2) is 13.4 Å². The minimum atomic E-state index is -3.96. The van der Waals surface area contributed by atoms with Gasteiger partial charge < -0.3 is 19.9 Å². The molecule has 7 rings (SSSR count). The predicted octanol–water partition coefficient (Wildman–Crippen LogP) is 6.82. The molecule has 1 aromatic heterocycles. The molecule has 1 fully saturated rings. The Labute approximate surface area is 331 Å². The van der Waals surface area contributed by atoms with Gasteiger partial charge in [0.05, 0.1) is 23.7 Å². The zero-order chi connectivity index (χ0) is 38.9. The van der Waals surface area contributed by atoms with Crippen LogP contribution in [0.5, 0.6) is 0 Å². The van der Waals surface area contributed by atoms with E-state index in [9.17, 15) is 18.3 Å². The minimum Gasteiger partial charge on any atom is -0.392 e. The number of amides is 1. The lowest BCUT2D eigenvalue weighted by atomic mass is 9.99. The van der Waals surface area contributed by atoms with Crippen LogP contribution in [0.1, 0.15) is 52.2 Å². The Hall–Kier alpha value is -5.15. The molecular weight excluding hydrogens is 747 g/mol. The first-order valence-electron chi connectivity index (χ1n) is 18.3. The molecule has 0 bridgehead atoms. The van der Waals surface area contributed by atoms with Crippen LogP contribution in [0.25, 0.3) is 11.1 Å². The fourth-order valence-corrected chi connectivity index (χ4v) is 8.47. The Morgan fingerprint density at radius 2 is 1.59 bits per heavy atom. The number of nitrogens with zero attached hydrogens (tertiary/aromatic N) is 2. The highest BCUT2D eigenvalue weighted by molar-refractivity contribution is 7.99. The van der Waals surface area contributed by atoms with E-state index in [-0.39, 0.29) is 36.7 Å².